The summed E-state index contributed by atoms with van der Waals surface area (Å²) in [5.74, 6) is 0. The minimum absolute atomic E-state index is 0.310. The van der Waals surface area contributed by atoms with Gasteiger partial charge in [-0.25, -0.2) is 0 Å². The summed E-state index contributed by atoms with van der Waals surface area (Å²) in [5.41, 5.74) is 14.6. The van der Waals surface area contributed by atoms with Gasteiger partial charge in [0.1, 0.15) is 11.2 Å². The minimum Gasteiger partial charge on any atom is -0.454 e. The van der Waals surface area contributed by atoms with E-state index in [1.54, 1.807) is 0 Å². The first-order valence-corrected chi connectivity index (χ1v) is 21.7. The van der Waals surface area contributed by atoms with Crippen molar-refractivity contribution in [2.75, 3.05) is 9.80 Å². The molecule has 0 saturated heterocycles. The number of fused-ring (bicyclic) bond motifs is 13. The monoisotopic (exact) mass is 808 g/mol. The summed E-state index contributed by atoms with van der Waals surface area (Å²) in [6, 6.07) is 74.0. The summed E-state index contributed by atoms with van der Waals surface area (Å²) >= 11 is 0. The molecule has 0 unspecified atom stereocenters. The Labute approximate surface area is 364 Å². The fourth-order valence-corrected chi connectivity index (χ4v) is 10.5. The first-order valence-electron chi connectivity index (χ1n) is 21.7. The van der Waals surface area contributed by atoms with Crippen LogP contribution in [0.25, 0.3) is 76.5 Å². The van der Waals surface area contributed by atoms with Crippen molar-refractivity contribution in [3.05, 3.63) is 217 Å². The topological polar surface area (TPSA) is 32.8 Å². The van der Waals surface area contributed by atoms with E-state index in [-0.39, 0.29) is 5.41 Å². The van der Waals surface area contributed by atoms with Gasteiger partial charge in [-0.05, 0) is 117 Å². The number of hydrogen-bond acceptors (Lipinski definition) is 4. The Bertz CT molecular complexity index is 3540. The highest BCUT2D eigenvalue weighted by atomic mass is 16.3. The lowest BCUT2D eigenvalue weighted by atomic mass is 9.82. The molecule has 0 atom stereocenters. The van der Waals surface area contributed by atoms with E-state index in [9.17, 15) is 0 Å². The van der Waals surface area contributed by atoms with Crippen LogP contribution in [0, 0.1) is 0 Å². The fourth-order valence-electron chi connectivity index (χ4n) is 10.5. The van der Waals surface area contributed by atoms with Gasteiger partial charge in [0.05, 0.1) is 11.4 Å². The Balaban J connectivity index is 0.959. The maximum absolute atomic E-state index is 6.82. The van der Waals surface area contributed by atoms with E-state index in [1.807, 2.05) is 0 Å². The lowest BCUT2D eigenvalue weighted by molar-refractivity contribution is 0.660. The molecule has 1 aliphatic rings. The molecule has 0 bridgehead atoms. The average molecular weight is 809 g/mol. The maximum atomic E-state index is 6.82. The second kappa shape index (κ2) is 13.5. The molecule has 63 heavy (non-hydrogen) atoms. The molecule has 4 heteroatoms. The third-order valence-corrected chi connectivity index (χ3v) is 13.4. The van der Waals surface area contributed by atoms with Crippen LogP contribution < -0.4 is 9.80 Å². The summed E-state index contributed by atoms with van der Waals surface area (Å²) in [4.78, 5) is 4.71. The number of rotatable bonds is 6. The number of furan rings is 2. The van der Waals surface area contributed by atoms with Crippen molar-refractivity contribution < 1.29 is 8.83 Å². The summed E-state index contributed by atoms with van der Waals surface area (Å²) in [6.07, 6.45) is 0. The quantitative estimate of drug-likeness (QED) is 0.168. The Morgan fingerprint density at radius 1 is 0.349 bits per heavy atom. The molecular weight excluding hydrogens is 769 g/mol. The molecule has 12 aromatic rings. The Kier molecular flexibility index (Phi) is 7.62. The van der Waals surface area contributed by atoms with E-state index in [2.05, 4.69) is 230 Å². The van der Waals surface area contributed by atoms with Gasteiger partial charge in [0.2, 0.25) is 0 Å². The van der Waals surface area contributed by atoms with E-state index >= 15 is 0 Å². The molecule has 0 fully saturated rings. The van der Waals surface area contributed by atoms with Crippen LogP contribution >= 0.6 is 0 Å². The first kappa shape index (κ1) is 35.7. The van der Waals surface area contributed by atoms with Gasteiger partial charge in [0.25, 0.3) is 0 Å². The van der Waals surface area contributed by atoms with Crippen LogP contribution in [-0.2, 0) is 5.41 Å². The van der Waals surface area contributed by atoms with E-state index in [1.165, 1.54) is 43.8 Å². The van der Waals surface area contributed by atoms with Crippen LogP contribution in [0.1, 0.15) is 25.0 Å². The minimum atomic E-state index is -0.310. The standard InChI is InChI=1S/C59H40N2O2/c1-59(2)49-35-41(60(39-17-5-3-6-18-39)51-25-13-23-47-55-43-21-11-9-15-37(43)27-33-53(55)62-57(47)51)29-31-45(49)46-32-30-42(36-50(46)59)61(40-19-7-4-8-20-40)52-26-14-24-48-56-44-22-12-10-16-38(44)28-34-54(56)63-58(48)52/h3-36H,1-2H3. The molecular formula is C59H40N2O2. The van der Waals surface area contributed by atoms with Crippen molar-refractivity contribution in [1.29, 1.82) is 0 Å². The summed E-state index contributed by atoms with van der Waals surface area (Å²) in [6.45, 7) is 4.72. The van der Waals surface area contributed by atoms with E-state index < -0.39 is 0 Å². The second-order valence-electron chi connectivity index (χ2n) is 17.3. The molecule has 0 amide bonds. The van der Waals surface area contributed by atoms with Crippen LogP contribution in [0.4, 0.5) is 34.1 Å². The highest BCUT2D eigenvalue weighted by Crippen LogP contribution is 2.54. The van der Waals surface area contributed by atoms with Crippen LogP contribution in [0.2, 0.25) is 0 Å². The number of hydrogen-bond donors (Lipinski definition) is 0. The number of benzene rings is 10. The molecule has 0 radical (unpaired) electrons. The third kappa shape index (κ3) is 5.28. The van der Waals surface area contributed by atoms with Crippen LogP contribution in [0.15, 0.2) is 215 Å². The largest absolute Gasteiger partial charge is 0.454 e. The molecule has 2 aromatic heterocycles. The molecule has 1 aliphatic carbocycles. The van der Waals surface area contributed by atoms with Crippen LogP contribution in [0.5, 0.6) is 0 Å². The van der Waals surface area contributed by atoms with Gasteiger partial charge >= 0.3 is 0 Å². The molecule has 0 saturated carbocycles. The van der Waals surface area contributed by atoms with Gasteiger partial charge in [-0.1, -0.05) is 147 Å². The molecule has 13 rings (SSSR count). The molecule has 298 valence electrons. The maximum Gasteiger partial charge on any atom is 0.159 e. The van der Waals surface area contributed by atoms with Gasteiger partial charge in [-0.15, -0.1) is 0 Å². The smallest absolute Gasteiger partial charge is 0.159 e. The van der Waals surface area contributed by atoms with Gasteiger partial charge in [-0.3, -0.25) is 0 Å². The van der Waals surface area contributed by atoms with Crippen molar-refractivity contribution in [3.8, 4) is 11.1 Å². The highest BCUT2D eigenvalue weighted by Gasteiger charge is 2.37. The fraction of sp³-hybridized carbons (Fsp3) is 0.0508. The second-order valence-corrected chi connectivity index (χ2v) is 17.3. The third-order valence-electron chi connectivity index (χ3n) is 13.4. The molecule has 2 heterocycles. The van der Waals surface area contributed by atoms with E-state index in [4.69, 9.17) is 8.83 Å². The van der Waals surface area contributed by atoms with Crippen molar-refractivity contribution in [3.63, 3.8) is 0 Å². The molecule has 0 spiro atoms. The zero-order chi connectivity index (χ0) is 41.8. The van der Waals surface area contributed by atoms with Crippen molar-refractivity contribution in [2.45, 2.75) is 19.3 Å². The van der Waals surface area contributed by atoms with Gasteiger partial charge in [0.15, 0.2) is 11.2 Å². The highest BCUT2D eigenvalue weighted by molar-refractivity contribution is 6.22. The Morgan fingerprint density at radius 3 is 1.22 bits per heavy atom. The summed E-state index contributed by atoms with van der Waals surface area (Å²) < 4.78 is 13.6. The van der Waals surface area contributed by atoms with E-state index in [0.717, 1.165) is 78.0 Å². The summed E-state index contributed by atoms with van der Waals surface area (Å²) in [5, 5.41) is 9.31. The van der Waals surface area contributed by atoms with Gasteiger partial charge in [0, 0.05) is 49.7 Å². The Morgan fingerprint density at radius 2 is 0.762 bits per heavy atom. The summed E-state index contributed by atoms with van der Waals surface area (Å²) in [7, 11) is 0. The van der Waals surface area contributed by atoms with Gasteiger partial charge < -0.3 is 18.6 Å². The number of para-hydroxylation sites is 4. The van der Waals surface area contributed by atoms with E-state index in [0.29, 0.717) is 0 Å². The van der Waals surface area contributed by atoms with Gasteiger partial charge in [-0.2, -0.15) is 0 Å². The lowest BCUT2D eigenvalue weighted by Gasteiger charge is -2.29. The zero-order valence-electron chi connectivity index (χ0n) is 34.8. The molecule has 10 aromatic carbocycles. The van der Waals surface area contributed by atoms with Crippen molar-refractivity contribution >= 4 is 99.5 Å². The molecule has 4 nitrogen and oxygen atoms in total. The molecule has 0 aliphatic heterocycles. The lowest BCUT2D eigenvalue weighted by Crippen LogP contribution is -2.17. The normalized spacial score (nSPS) is 13.0. The predicted molar refractivity (Wildman–Crippen MR) is 263 cm³/mol. The van der Waals surface area contributed by atoms with Crippen LogP contribution in [-0.4, -0.2) is 0 Å². The van der Waals surface area contributed by atoms with Crippen molar-refractivity contribution in [1.82, 2.24) is 0 Å². The Hall–Kier alpha value is -8.08. The zero-order valence-corrected chi connectivity index (χ0v) is 34.8. The predicted octanol–water partition coefficient (Wildman–Crippen LogP) is 17.0. The van der Waals surface area contributed by atoms with Crippen molar-refractivity contribution in [2.24, 2.45) is 0 Å². The number of nitrogens with zero attached hydrogens (tertiary/aromatic N) is 2. The molecule has 0 N–H and O–H groups in total. The average Bonchev–Trinajstić information content (AvgIpc) is 3.99. The van der Waals surface area contributed by atoms with Crippen LogP contribution in [0.3, 0.4) is 0 Å². The SMILES string of the molecule is CC1(C)c2cc(N(c3ccccc3)c3cccc4c3oc3ccc5ccccc5c34)ccc2-c2ccc(N(c3ccccc3)c3cccc4c3oc3ccc5ccccc5c34)cc21. The number of anilines is 6. The first-order chi connectivity index (χ1) is 31.0.